The third kappa shape index (κ3) is 7.73. The summed E-state index contributed by atoms with van der Waals surface area (Å²) in [6, 6.07) is 8.26. The predicted octanol–water partition coefficient (Wildman–Crippen LogP) is 14.0. The fourth-order valence-corrected chi connectivity index (χ4v) is 8.20. The highest BCUT2D eigenvalue weighted by Gasteiger charge is 2.51. The highest BCUT2D eigenvalue weighted by atomic mass is 19.3. The molecule has 4 aromatic carbocycles. The number of aryl methyl sites for hydroxylation is 4. The minimum absolute atomic E-state index is 0.0798. The third-order valence-corrected chi connectivity index (χ3v) is 11.5. The Balaban J connectivity index is 0.000000147. The molecule has 0 saturated heterocycles. The zero-order valence-electron chi connectivity index (χ0n) is 32.9. The van der Waals surface area contributed by atoms with Crippen molar-refractivity contribution in [2.45, 2.75) is 105 Å². The van der Waals surface area contributed by atoms with E-state index in [4.69, 9.17) is 0 Å². The Morgan fingerprint density at radius 2 is 0.603 bits per heavy atom. The standard InChI is InChI=1S/2C11H10F4.2C11H11F3/c2*1-5-3-7-4-6(2)11(14,15)8(7)10(13)9(5)12;2*1-6-3-8-5-7(2)11(13,14)10(8)9(12)4-6/h2*3,6H,4H2,1-2H3;2*3-4,7H,5H2,1-2H3. The number of hydrogen-bond acceptors (Lipinski definition) is 0. The summed E-state index contributed by atoms with van der Waals surface area (Å²) in [7, 11) is 0. The van der Waals surface area contributed by atoms with E-state index in [9.17, 15) is 61.5 Å². The summed E-state index contributed by atoms with van der Waals surface area (Å²) in [5.74, 6) is -22.7. The van der Waals surface area contributed by atoms with Crippen LogP contribution in [0.2, 0.25) is 0 Å². The average molecular weight is 837 g/mol. The van der Waals surface area contributed by atoms with E-state index in [-0.39, 0.29) is 47.9 Å². The summed E-state index contributed by atoms with van der Waals surface area (Å²) in [5, 5.41) is 0. The lowest BCUT2D eigenvalue weighted by molar-refractivity contribution is -0.0485. The highest BCUT2D eigenvalue weighted by molar-refractivity contribution is 5.44. The van der Waals surface area contributed by atoms with Crippen molar-refractivity contribution in [3.63, 3.8) is 0 Å². The van der Waals surface area contributed by atoms with Gasteiger partial charge in [0.15, 0.2) is 23.3 Å². The Kier molecular flexibility index (Phi) is 12.0. The zero-order chi connectivity index (χ0) is 43.8. The monoisotopic (exact) mass is 836 g/mol. The van der Waals surface area contributed by atoms with Gasteiger partial charge < -0.3 is 0 Å². The largest absolute Gasteiger partial charge is 0.279 e. The van der Waals surface area contributed by atoms with Gasteiger partial charge in [-0.1, -0.05) is 52.0 Å². The van der Waals surface area contributed by atoms with E-state index in [0.29, 0.717) is 22.3 Å². The number of fused-ring (bicyclic) bond motifs is 4. The summed E-state index contributed by atoms with van der Waals surface area (Å²) in [4.78, 5) is 0. The van der Waals surface area contributed by atoms with E-state index in [1.54, 1.807) is 26.0 Å². The highest BCUT2D eigenvalue weighted by Crippen LogP contribution is 2.50. The maximum absolute atomic E-state index is 13.5. The summed E-state index contributed by atoms with van der Waals surface area (Å²) >= 11 is 0. The van der Waals surface area contributed by atoms with Gasteiger partial charge in [-0.3, -0.25) is 0 Å². The molecule has 0 fully saturated rings. The second-order valence-electron chi connectivity index (χ2n) is 16.2. The van der Waals surface area contributed by atoms with Crippen LogP contribution in [0.5, 0.6) is 0 Å². The fourth-order valence-electron chi connectivity index (χ4n) is 8.20. The van der Waals surface area contributed by atoms with Crippen LogP contribution < -0.4 is 0 Å². The molecule has 0 spiro atoms. The lowest BCUT2D eigenvalue weighted by Gasteiger charge is -2.16. The maximum Gasteiger partial charge on any atom is 0.279 e. The van der Waals surface area contributed by atoms with E-state index in [1.165, 1.54) is 65.8 Å². The van der Waals surface area contributed by atoms with Crippen molar-refractivity contribution in [1.29, 1.82) is 0 Å². The Morgan fingerprint density at radius 3 is 0.879 bits per heavy atom. The molecule has 4 aliphatic rings. The van der Waals surface area contributed by atoms with Gasteiger partial charge in [-0.2, -0.15) is 0 Å². The van der Waals surface area contributed by atoms with Crippen LogP contribution in [0.25, 0.3) is 0 Å². The number of rotatable bonds is 0. The molecule has 4 unspecified atom stereocenters. The van der Waals surface area contributed by atoms with Gasteiger partial charge in [-0.25, -0.2) is 61.5 Å². The van der Waals surface area contributed by atoms with Crippen LogP contribution in [0.1, 0.15) is 94.5 Å². The summed E-state index contributed by atoms with van der Waals surface area (Å²) < 4.78 is 188. The van der Waals surface area contributed by atoms with Crippen LogP contribution in [0, 0.1) is 86.3 Å². The first kappa shape index (κ1) is 45.0. The molecule has 0 bridgehead atoms. The number of hydrogen-bond donors (Lipinski definition) is 0. The van der Waals surface area contributed by atoms with Gasteiger partial charge in [0.2, 0.25) is 0 Å². The molecule has 0 heterocycles. The normalized spacial score (nSPS) is 23.3. The summed E-state index contributed by atoms with van der Waals surface area (Å²) in [6.45, 7) is 11.8. The van der Waals surface area contributed by atoms with E-state index in [2.05, 4.69) is 0 Å². The molecule has 58 heavy (non-hydrogen) atoms. The van der Waals surface area contributed by atoms with Crippen molar-refractivity contribution < 1.29 is 61.5 Å². The lowest BCUT2D eigenvalue weighted by atomic mass is 10.0. The first-order chi connectivity index (χ1) is 26.6. The van der Waals surface area contributed by atoms with Crippen LogP contribution in [0.3, 0.4) is 0 Å². The van der Waals surface area contributed by atoms with E-state index in [0.717, 1.165) is 0 Å². The molecule has 14 heteroatoms. The SMILES string of the molecule is Cc1cc(F)c2c(c1)CC(C)C2(F)F.Cc1cc(F)c2c(c1)CC(C)C2(F)F.Cc1cc2c(c(F)c1F)C(F)(F)C(C)C2.Cc1cc2c(c(F)c1F)C(F)(F)C(C)C2. The van der Waals surface area contributed by atoms with Crippen LogP contribution >= 0.6 is 0 Å². The molecule has 0 amide bonds. The third-order valence-electron chi connectivity index (χ3n) is 11.5. The smallest absolute Gasteiger partial charge is 0.206 e. The molecule has 0 saturated carbocycles. The Bertz CT molecular complexity index is 2080. The van der Waals surface area contributed by atoms with E-state index in [1.807, 2.05) is 0 Å². The van der Waals surface area contributed by atoms with Gasteiger partial charge in [0.1, 0.15) is 11.6 Å². The molecule has 0 aliphatic heterocycles. The molecule has 4 atom stereocenters. The summed E-state index contributed by atoms with van der Waals surface area (Å²) in [6.07, 6.45) is 0.725. The second-order valence-corrected chi connectivity index (χ2v) is 16.2. The molecule has 316 valence electrons. The van der Waals surface area contributed by atoms with Crippen LogP contribution in [0.4, 0.5) is 61.5 Å². The number of benzene rings is 4. The first-order valence-electron chi connectivity index (χ1n) is 18.6. The van der Waals surface area contributed by atoms with Crippen molar-refractivity contribution in [2.75, 3.05) is 0 Å². The van der Waals surface area contributed by atoms with Crippen LogP contribution in [-0.4, -0.2) is 0 Å². The molecule has 0 nitrogen and oxygen atoms in total. The Labute approximate surface area is 327 Å². The molecule has 8 rings (SSSR count). The van der Waals surface area contributed by atoms with Crippen LogP contribution in [-0.2, 0) is 49.4 Å². The number of halogens is 14. The molecular weight excluding hydrogens is 794 g/mol. The van der Waals surface area contributed by atoms with Crippen LogP contribution in [0.15, 0.2) is 36.4 Å². The second kappa shape index (κ2) is 15.5. The molecule has 0 N–H and O–H groups in total. The minimum atomic E-state index is -3.26. The van der Waals surface area contributed by atoms with Gasteiger partial charge in [-0.15, -0.1) is 0 Å². The predicted molar refractivity (Wildman–Crippen MR) is 192 cm³/mol. The van der Waals surface area contributed by atoms with Gasteiger partial charge >= 0.3 is 0 Å². The topological polar surface area (TPSA) is 0 Å². The maximum atomic E-state index is 13.5. The van der Waals surface area contributed by atoms with Gasteiger partial charge in [-0.05, 0) is 110 Å². The van der Waals surface area contributed by atoms with Crippen molar-refractivity contribution in [2.24, 2.45) is 23.7 Å². The number of alkyl halides is 8. The summed E-state index contributed by atoms with van der Waals surface area (Å²) in [5.41, 5.74) is 0.639. The molecule has 4 aliphatic carbocycles. The van der Waals surface area contributed by atoms with Gasteiger partial charge in [0.25, 0.3) is 23.7 Å². The van der Waals surface area contributed by atoms with Gasteiger partial charge in [0.05, 0.1) is 22.3 Å². The zero-order valence-corrected chi connectivity index (χ0v) is 32.9. The Morgan fingerprint density at radius 1 is 0.362 bits per heavy atom. The molecule has 4 aromatic rings. The van der Waals surface area contributed by atoms with Crippen molar-refractivity contribution >= 4 is 0 Å². The van der Waals surface area contributed by atoms with Gasteiger partial charge in [0, 0.05) is 23.7 Å². The molecular formula is C44H42F14. The fraction of sp³-hybridized carbons (Fsp3) is 0.455. The quantitative estimate of drug-likeness (QED) is 0.155. The molecule has 0 aromatic heterocycles. The van der Waals surface area contributed by atoms with Crippen molar-refractivity contribution in [3.05, 3.63) is 138 Å². The first-order valence-corrected chi connectivity index (χ1v) is 18.6. The Hall–Kier alpha value is -4.10. The van der Waals surface area contributed by atoms with E-state index < -0.39 is 105 Å². The average Bonchev–Trinajstić information content (AvgIpc) is 3.65. The van der Waals surface area contributed by atoms with Crippen molar-refractivity contribution in [1.82, 2.24) is 0 Å². The van der Waals surface area contributed by atoms with Crippen molar-refractivity contribution in [3.8, 4) is 0 Å². The lowest BCUT2D eigenvalue weighted by Crippen LogP contribution is -2.19. The van der Waals surface area contributed by atoms with E-state index >= 15 is 0 Å². The molecule has 0 radical (unpaired) electrons. The minimum Gasteiger partial charge on any atom is -0.206 e.